The molecule has 3 nitrogen and oxygen atoms in total. The van der Waals surface area contributed by atoms with Gasteiger partial charge in [-0.25, -0.2) is 0 Å². The van der Waals surface area contributed by atoms with Gasteiger partial charge in [0.1, 0.15) is 0 Å². The molecule has 2 aliphatic heterocycles. The molecule has 0 aromatic carbocycles. The third kappa shape index (κ3) is 2.27. The normalized spacial score (nSPS) is 38.8. The quantitative estimate of drug-likeness (QED) is 0.618. The van der Waals surface area contributed by atoms with Crippen LogP contribution in [-0.4, -0.2) is 36.9 Å². The van der Waals surface area contributed by atoms with E-state index >= 15 is 0 Å². The molecule has 2 aliphatic rings. The molecule has 2 heterocycles. The van der Waals surface area contributed by atoms with E-state index in [1.165, 1.54) is 19.3 Å². The molecule has 2 atom stereocenters. The zero-order chi connectivity index (χ0) is 9.86. The molecule has 2 saturated heterocycles. The minimum Gasteiger partial charge on any atom is -0.394 e. The van der Waals surface area contributed by atoms with Gasteiger partial charge >= 0.3 is 0 Å². The van der Waals surface area contributed by atoms with E-state index in [4.69, 9.17) is 0 Å². The van der Waals surface area contributed by atoms with E-state index in [-0.39, 0.29) is 5.54 Å². The molecule has 0 aliphatic carbocycles. The second kappa shape index (κ2) is 4.60. The Kier molecular flexibility index (Phi) is 3.42. The predicted octanol–water partition coefficient (Wildman–Crippen LogP) is 0.491. The zero-order valence-corrected chi connectivity index (χ0v) is 8.89. The highest BCUT2D eigenvalue weighted by molar-refractivity contribution is 4.93. The molecule has 2 rings (SSSR count). The summed E-state index contributed by atoms with van der Waals surface area (Å²) in [5, 5.41) is 16.4. The van der Waals surface area contributed by atoms with E-state index in [0.29, 0.717) is 6.61 Å². The van der Waals surface area contributed by atoms with E-state index in [0.717, 1.165) is 38.4 Å². The fourth-order valence-corrected chi connectivity index (χ4v) is 2.85. The lowest BCUT2D eigenvalue weighted by molar-refractivity contribution is 0.109. The Balaban J connectivity index is 1.89. The fourth-order valence-electron chi connectivity index (χ4n) is 2.85. The maximum Gasteiger partial charge on any atom is 0.0613 e. The van der Waals surface area contributed by atoms with E-state index < -0.39 is 0 Å². The van der Waals surface area contributed by atoms with Crippen molar-refractivity contribution >= 4 is 0 Å². The summed E-state index contributed by atoms with van der Waals surface area (Å²) in [5.74, 6) is 0.771. The van der Waals surface area contributed by atoms with Gasteiger partial charge in [-0.1, -0.05) is 6.42 Å². The molecule has 0 amide bonds. The number of aliphatic hydroxyl groups is 1. The number of nitrogens with one attached hydrogen (secondary N) is 2. The van der Waals surface area contributed by atoms with Gasteiger partial charge in [0.05, 0.1) is 6.61 Å². The van der Waals surface area contributed by atoms with Gasteiger partial charge in [0, 0.05) is 5.54 Å². The highest BCUT2D eigenvalue weighted by Gasteiger charge is 2.34. The Morgan fingerprint density at radius 1 is 1.29 bits per heavy atom. The van der Waals surface area contributed by atoms with Crippen molar-refractivity contribution < 1.29 is 5.11 Å². The molecular formula is C11H22N2O. The van der Waals surface area contributed by atoms with E-state index in [1.54, 1.807) is 0 Å². The van der Waals surface area contributed by atoms with Gasteiger partial charge in [-0.2, -0.15) is 0 Å². The monoisotopic (exact) mass is 198 g/mol. The van der Waals surface area contributed by atoms with Gasteiger partial charge < -0.3 is 15.7 Å². The van der Waals surface area contributed by atoms with Crippen molar-refractivity contribution in [3.05, 3.63) is 0 Å². The summed E-state index contributed by atoms with van der Waals surface area (Å²) in [4.78, 5) is 0. The maximum atomic E-state index is 9.52. The summed E-state index contributed by atoms with van der Waals surface area (Å²) in [6.45, 7) is 3.69. The van der Waals surface area contributed by atoms with Crippen LogP contribution in [0.5, 0.6) is 0 Å². The first-order valence-electron chi connectivity index (χ1n) is 5.91. The minimum absolute atomic E-state index is 0.0505. The largest absolute Gasteiger partial charge is 0.394 e. The first-order chi connectivity index (χ1) is 6.85. The van der Waals surface area contributed by atoms with Crippen LogP contribution < -0.4 is 10.6 Å². The van der Waals surface area contributed by atoms with E-state index in [9.17, 15) is 5.11 Å². The van der Waals surface area contributed by atoms with E-state index in [1.807, 2.05) is 0 Å². The average Bonchev–Trinajstić information content (AvgIpc) is 2.72. The molecule has 0 spiro atoms. The molecule has 2 fully saturated rings. The van der Waals surface area contributed by atoms with Gasteiger partial charge in [-0.05, 0) is 51.2 Å². The molecule has 0 radical (unpaired) electrons. The second-order valence-electron chi connectivity index (χ2n) is 4.89. The molecule has 0 bridgehead atoms. The Bertz CT molecular complexity index is 172. The summed E-state index contributed by atoms with van der Waals surface area (Å²) < 4.78 is 0. The SMILES string of the molecule is OCC1(CC2CCNC2)CCCCN1. The zero-order valence-electron chi connectivity index (χ0n) is 8.89. The van der Waals surface area contributed by atoms with Crippen LogP contribution in [-0.2, 0) is 0 Å². The molecule has 3 N–H and O–H groups in total. The first-order valence-corrected chi connectivity index (χ1v) is 5.91. The van der Waals surface area contributed by atoms with Crippen LogP contribution in [0.2, 0.25) is 0 Å². The summed E-state index contributed by atoms with van der Waals surface area (Å²) >= 11 is 0. The maximum absolute atomic E-state index is 9.52. The van der Waals surface area contributed by atoms with Crippen molar-refractivity contribution in [3.8, 4) is 0 Å². The van der Waals surface area contributed by atoms with Crippen molar-refractivity contribution in [1.29, 1.82) is 0 Å². The number of aliphatic hydroxyl groups excluding tert-OH is 1. The number of hydrogen-bond donors (Lipinski definition) is 3. The summed E-state index contributed by atoms with van der Waals surface area (Å²) in [6, 6.07) is 0. The number of piperidine rings is 1. The highest BCUT2D eigenvalue weighted by Crippen LogP contribution is 2.28. The van der Waals surface area contributed by atoms with Crippen LogP contribution in [0, 0.1) is 5.92 Å². The number of hydrogen-bond acceptors (Lipinski definition) is 3. The molecule has 14 heavy (non-hydrogen) atoms. The van der Waals surface area contributed by atoms with Gasteiger partial charge in [0.2, 0.25) is 0 Å². The van der Waals surface area contributed by atoms with Crippen LogP contribution >= 0.6 is 0 Å². The van der Waals surface area contributed by atoms with Crippen LogP contribution in [0.1, 0.15) is 32.1 Å². The van der Waals surface area contributed by atoms with Crippen LogP contribution in [0.4, 0.5) is 0 Å². The van der Waals surface area contributed by atoms with Crippen LogP contribution in [0.25, 0.3) is 0 Å². The third-order valence-electron chi connectivity index (χ3n) is 3.73. The Morgan fingerprint density at radius 3 is 2.79 bits per heavy atom. The van der Waals surface area contributed by atoms with Crippen molar-refractivity contribution in [2.45, 2.75) is 37.6 Å². The van der Waals surface area contributed by atoms with Gasteiger partial charge in [0.25, 0.3) is 0 Å². The summed E-state index contributed by atoms with van der Waals surface area (Å²) in [6.07, 6.45) is 6.12. The minimum atomic E-state index is 0.0505. The van der Waals surface area contributed by atoms with E-state index in [2.05, 4.69) is 10.6 Å². The summed E-state index contributed by atoms with van der Waals surface area (Å²) in [7, 11) is 0. The van der Waals surface area contributed by atoms with Gasteiger partial charge in [-0.3, -0.25) is 0 Å². The molecule has 3 heteroatoms. The van der Waals surface area contributed by atoms with Crippen molar-refractivity contribution in [1.82, 2.24) is 10.6 Å². The van der Waals surface area contributed by atoms with Crippen molar-refractivity contribution in [2.75, 3.05) is 26.2 Å². The van der Waals surface area contributed by atoms with Gasteiger partial charge in [-0.15, -0.1) is 0 Å². The molecular weight excluding hydrogens is 176 g/mol. The predicted molar refractivity (Wildman–Crippen MR) is 57.3 cm³/mol. The first kappa shape index (κ1) is 10.4. The second-order valence-corrected chi connectivity index (χ2v) is 4.89. The lowest BCUT2D eigenvalue weighted by Crippen LogP contribution is -2.52. The van der Waals surface area contributed by atoms with Crippen molar-refractivity contribution in [3.63, 3.8) is 0 Å². The standard InChI is InChI=1S/C11H22N2O/c14-9-11(4-1-2-5-13-11)7-10-3-6-12-8-10/h10,12-14H,1-9H2. The average molecular weight is 198 g/mol. The van der Waals surface area contributed by atoms with Crippen LogP contribution in [0.3, 0.4) is 0 Å². The smallest absolute Gasteiger partial charge is 0.0613 e. The Morgan fingerprint density at radius 2 is 2.21 bits per heavy atom. The van der Waals surface area contributed by atoms with Crippen LogP contribution in [0.15, 0.2) is 0 Å². The lowest BCUT2D eigenvalue weighted by Gasteiger charge is -2.38. The Hall–Kier alpha value is -0.120. The topological polar surface area (TPSA) is 44.3 Å². The molecule has 2 unspecified atom stereocenters. The van der Waals surface area contributed by atoms with Gasteiger partial charge in [0.15, 0.2) is 0 Å². The third-order valence-corrected chi connectivity index (χ3v) is 3.73. The lowest BCUT2D eigenvalue weighted by atomic mass is 9.81. The molecule has 82 valence electrons. The molecule has 0 saturated carbocycles. The fraction of sp³-hybridized carbons (Fsp3) is 1.00. The molecule has 0 aromatic rings. The number of rotatable bonds is 3. The Labute approximate surface area is 86.3 Å². The highest BCUT2D eigenvalue weighted by atomic mass is 16.3. The summed E-state index contributed by atoms with van der Waals surface area (Å²) in [5.41, 5.74) is 0.0505. The molecule has 0 aromatic heterocycles. The van der Waals surface area contributed by atoms with Crippen molar-refractivity contribution in [2.24, 2.45) is 5.92 Å².